The van der Waals surface area contributed by atoms with Gasteiger partial charge in [-0.3, -0.25) is 9.05 Å². The van der Waals surface area contributed by atoms with Crippen LogP contribution >= 0.6 is 20.0 Å². The van der Waals surface area contributed by atoms with E-state index in [1.807, 2.05) is 20.8 Å². The first kappa shape index (κ1) is 26.0. The number of nitrogens with one attached hydrogen (secondary N) is 1. The SMILES string of the molecule is [2H]C([2H])(OP1(=O)OCc2c(F)c(C(C)(C)C)cc(C(C)(C)C)c2O1)[C@@]1(F)O[C@@]([2H])(N2C=C(C)C(=S)NC2=C)[C@H](O)[C@@H]1O. The molecule has 0 bridgehead atoms. The molecular weight excluding hydrogens is 553 g/mol. The van der Waals surface area contributed by atoms with Crippen LogP contribution in [0.2, 0.25) is 0 Å². The number of hydrogen-bond acceptors (Lipinski definition) is 9. The van der Waals surface area contributed by atoms with Crippen molar-refractivity contribution < 1.29 is 46.0 Å². The highest BCUT2D eigenvalue weighted by Gasteiger charge is 2.59. The zero-order valence-electron chi connectivity index (χ0n) is 25.7. The molecule has 0 amide bonds. The number of aliphatic hydroxyl groups excluding tert-OH is 2. The van der Waals surface area contributed by atoms with E-state index in [1.165, 1.54) is 6.20 Å². The van der Waals surface area contributed by atoms with E-state index in [0.29, 0.717) is 16.7 Å². The third-order valence-corrected chi connectivity index (χ3v) is 8.03. The highest BCUT2D eigenvalue weighted by Crippen LogP contribution is 2.58. The molecule has 3 aliphatic rings. The van der Waals surface area contributed by atoms with E-state index in [2.05, 4.69) is 11.9 Å². The predicted molar refractivity (Wildman–Crippen MR) is 144 cm³/mol. The van der Waals surface area contributed by atoms with Gasteiger partial charge in [-0.15, -0.1) is 0 Å². The lowest BCUT2D eigenvalue weighted by Crippen LogP contribution is -2.47. The van der Waals surface area contributed by atoms with Gasteiger partial charge in [0.2, 0.25) is 0 Å². The summed E-state index contributed by atoms with van der Waals surface area (Å²) < 4.78 is 91.6. The van der Waals surface area contributed by atoms with Crippen molar-refractivity contribution in [2.45, 2.75) is 90.2 Å². The summed E-state index contributed by atoms with van der Waals surface area (Å²) in [4.78, 5) is 1.05. The molecule has 216 valence electrons. The maximum absolute atomic E-state index is 16.4. The second-order valence-corrected chi connectivity index (χ2v) is 13.6. The van der Waals surface area contributed by atoms with Gasteiger partial charge in [0.15, 0.2) is 6.20 Å². The van der Waals surface area contributed by atoms with Crippen molar-refractivity contribution in [3.63, 3.8) is 0 Å². The summed E-state index contributed by atoms with van der Waals surface area (Å²) in [5, 5.41) is 24.0. The topological polar surface area (TPSA) is 110 Å². The Morgan fingerprint density at radius 3 is 2.54 bits per heavy atom. The van der Waals surface area contributed by atoms with E-state index in [4.69, 9.17) is 34.6 Å². The number of ether oxygens (including phenoxy) is 1. The van der Waals surface area contributed by atoms with E-state index in [1.54, 1.807) is 33.8 Å². The summed E-state index contributed by atoms with van der Waals surface area (Å²) in [6.45, 7) is 11.5. The Kier molecular flexibility index (Phi) is 6.58. The number of alkyl halides is 1. The number of thiocarbonyl (C=S) groups is 1. The Morgan fingerprint density at radius 2 is 1.95 bits per heavy atom. The van der Waals surface area contributed by atoms with Gasteiger partial charge in [-0.05, 0) is 29.4 Å². The maximum atomic E-state index is 16.4. The molecule has 1 fully saturated rings. The third kappa shape index (κ3) is 5.53. The highest BCUT2D eigenvalue weighted by molar-refractivity contribution is 7.80. The molecule has 1 saturated heterocycles. The van der Waals surface area contributed by atoms with Gasteiger partial charge < -0.3 is 29.7 Å². The average Bonchev–Trinajstić information content (AvgIpc) is 3.00. The summed E-state index contributed by atoms with van der Waals surface area (Å²) >= 11 is 5.11. The molecule has 0 spiro atoms. The van der Waals surface area contributed by atoms with Crippen molar-refractivity contribution >= 4 is 25.0 Å². The number of rotatable bonds is 4. The van der Waals surface area contributed by atoms with E-state index >= 15 is 8.78 Å². The number of nitrogens with zero attached hydrogens (tertiary/aromatic N) is 1. The molecule has 0 radical (unpaired) electrons. The van der Waals surface area contributed by atoms with Gasteiger partial charge in [0.1, 0.15) is 41.1 Å². The lowest BCUT2D eigenvalue weighted by Gasteiger charge is -2.35. The second-order valence-electron chi connectivity index (χ2n) is 11.7. The first-order valence-electron chi connectivity index (χ1n) is 13.6. The molecule has 3 aliphatic heterocycles. The van der Waals surface area contributed by atoms with Gasteiger partial charge in [0, 0.05) is 17.3 Å². The molecule has 3 N–H and O–H groups in total. The Morgan fingerprint density at radius 1 is 1.33 bits per heavy atom. The van der Waals surface area contributed by atoms with Crippen LogP contribution < -0.4 is 9.84 Å². The standard InChI is InChI=1S/C26H35F2N2O7PS/c1-13-10-30(14(2)29-22(13)39)23-19(31)21(32)26(28,36-23)12-35-38(33)34-11-15-18(27)16(24(3,4)5)9-17(20(15)37-38)25(6,7)8/h9-10,19,21,23,31-32H,2,11-12H2,1,3-8H3,(H,29,39)/t19-,21+,23-,26-,38?/m1/s1/i12D2,23D. The number of aliphatic hydroxyl groups is 2. The van der Waals surface area contributed by atoms with Crippen molar-refractivity contribution in [1.82, 2.24) is 10.2 Å². The summed E-state index contributed by atoms with van der Waals surface area (Å²) in [5.41, 5.74) is -0.252. The molecule has 5 atom stereocenters. The number of phosphoric ester groups is 1. The summed E-state index contributed by atoms with van der Waals surface area (Å²) in [5.74, 6) is -5.00. The van der Waals surface area contributed by atoms with Gasteiger partial charge in [0.25, 0.3) is 5.85 Å². The van der Waals surface area contributed by atoms with Crippen molar-refractivity contribution in [2.24, 2.45) is 0 Å². The quantitative estimate of drug-likeness (QED) is 0.334. The van der Waals surface area contributed by atoms with E-state index < -0.39 is 61.9 Å². The maximum Gasteiger partial charge on any atom is 0.530 e. The number of hydrogen-bond donors (Lipinski definition) is 3. The predicted octanol–water partition coefficient (Wildman–Crippen LogP) is 4.81. The number of phosphoric acid groups is 1. The van der Waals surface area contributed by atoms with Crippen molar-refractivity contribution in [3.8, 4) is 5.75 Å². The van der Waals surface area contributed by atoms with Crippen LogP contribution in [0.1, 0.15) is 69.3 Å². The first-order chi connectivity index (χ1) is 18.9. The van der Waals surface area contributed by atoms with Gasteiger partial charge in [-0.1, -0.05) is 60.3 Å². The molecule has 4 rings (SSSR count). The van der Waals surface area contributed by atoms with Crippen LogP contribution in [-0.2, 0) is 35.8 Å². The molecule has 1 unspecified atom stereocenters. The Balaban J connectivity index is 1.71. The Labute approximate surface area is 236 Å². The van der Waals surface area contributed by atoms with E-state index in [-0.39, 0.29) is 22.1 Å². The largest absolute Gasteiger partial charge is 0.530 e. The van der Waals surface area contributed by atoms with Gasteiger partial charge in [-0.25, -0.2) is 13.3 Å². The lowest BCUT2D eigenvalue weighted by molar-refractivity contribution is -0.207. The minimum Gasteiger partial charge on any atom is -0.403 e. The second kappa shape index (κ2) is 9.87. The van der Waals surface area contributed by atoms with Crippen LogP contribution in [0.5, 0.6) is 5.75 Å². The smallest absolute Gasteiger partial charge is 0.403 e. The Hall–Kier alpha value is -1.92. The number of halogens is 2. The monoisotopic (exact) mass is 591 g/mol. The molecule has 0 saturated carbocycles. The highest BCUT2D eigenvalue weighted by atomic mass is 32.1. The zero-order chi connectivity index (χ0) is 32.0. The fourth-order valence-electron chi connectivity index (χ4n) is 4.18. The molecule has 39 heavy (non-hydrogen) atoms. The number of benzene rings is 1. The normalized spacial score (nSPS) is 34.9. The summed E-state index contributed by atoms with van der Waals surface area (Å²) in [6.07, 6.45) is -6.82. The van der Waals surface area contributed by atoms with Crippen LogP contribution in [0.4, 0.5) is 8.78 Å². The van der Waals surface area contributed by atoms with Crippen LogP contribution in [-0.4, -0.2) is 50.9 Å². The average molecular weight is 592 g/mol. The van der Waals surface area contributed by atoms with Gasteiger partial charge in [-0.2, -0.15) is 0 Å². The Bertz CT molecular complexity index is 1430. The molecule has 1 aromatic carbocycles. The minimum atomic E-state index is -5.07. The third-order valence-electron chi connectivity index (χ3n) is 6.44. The minimum absolute atomic E-state index is 0.0770. The van der Waals surface area contributed by atoms with Gasteiger partial charge in [0.05, 0.1) is 16.3 Å². The molecule has 0 aliphatic carbocycles. The van der Waals surface area contributed by atoms with Crippen molar-refractivity contribution in [3.05, 3.63) is 52.7 Å². The van der Waals surface area contributed by atoms with Gasteiger partial charge >= 0.3 is 7.82 Å². The van der Waals surface area contributed by atoms with Crippen LogP contribution in [0, 0.1) is 5.82 Å². The van der Waals surface area contributed by atoms with Crippen LogP contribution in [0.15, 0.2) is 30.2 Å². The molecule has 1 aromatic rings. The zero-order valence-corrected chi connectivity index (χ0v) is 24.4. The summed E-state index contributed by atoms with van der Waals surface area (Å²) in [6, 6.07) is 1.56. The first-order valence-corrected chi connectivity index (χ1v) is 14.0. The summed E-state index contributed by atoms with van der Waals surface area (Å²) in [7, 11) is -5.07. The van der Waals surface area contributed by atoms with Crippen LogP contribution in [0.3, 0.4) is 0 Å². The van der Waals surface area contributed by atoms with Crippen LogP contribution in [0.25, 0.3) is 0 Å². The molecule has 9 nitrogen and oxygen atoms in total. The lowest BCUT2D eigenvalue weighted by atomic mass is 9.78. The van der Waals surface area contributed by atoms with Crippen molar-refractivity contribution in [2.75, 3.05) is 6.56 Å². The fourth-order valence-corrected chi connectivity index (χ4v) is 5.45. The molecule has 13 heteroatoms. The van der Waals surface area contributed by atoms with E-state index in [0.717, 1.165) is 4.90 Å². The number of fused-ring (bicyclic) bond motifs is 1. The molecular formula is C26H35F2N2O7PS. The van der Waals surface area contributed by atoms with Crippen molar-refractivity contribution in [1.29, 1.82) is 0 Å². The fraction of sp³-hybridized carbons (Fsp3) is 0.577. The molecule has 3 heterocycles. The van der Waals surface area contributed by atoms with E-state index in [9.17, 15) is 14.8 Å². The molecule has 0 aromatic heterocycles.